The Balaban J connectivity index is 1.96. The van der Waals surface area contributed by atoms with Crippen LogP contribution in [0.15, 0.2) is 53.5 Å². The third-order valence-electron chi connectivity index (χ3n) is 3.81. The van der Waals surface area contributed by atoms with Gasteiger partial charge in [-0.25, -0.2) is 0 Å². The zero-order valence-corrected chi connectivity index (χ0v) is 16.2. The molecular weight excluding hydrogens is 350 g/mol. The molecule has 26 heavy (non-hydrogen) atoms. The zero-order chi connectivity index (χ0) is 18.8. The molecule has 0 aromatic heterocycles. The molecular formula is C20H26ClN3O2. The summed E-state index contributed by atoms with van der Waals surface area (Å²) in [5, 5.41) is 7.23. The van der Waals surface area contributed by atoms with Crippen molar-refractivity contribution in [3.05, 3.63) is 64.7 Å². The van der Waals surface area contributed by atoms with Crippen molar-refractivity contribution in [3.63, 3.8) is 0 Å². The molecule has 6 heteroatoms. The van der Waals surface area contributed by atoms with Gasteiger partial charge in [0.05, 0.1) is 11.6 Å². The van der Waals surface area contributed by atoms with Gasteiger partial charge in [-0.2, -0.15) is 0 Å². The first-order chi connectivity index (χ1) is 12.6. The Hall–Kier alpha value is -2.24. The van der Waals surface area contributed by atoms with E-state index in [1.807, 2.05) is 43.3 Å². The summed E-state index contributed by atoms with van der Waals surface area (Å²) in [5.74, 6) is 1.42. The lowest BCUT2D eigenvalue weighted by molar-refractivity contribution is 0.179. The van der Waals surface area contributed by atoms with Crippen LogP contribution >= 0.6 is 11.6 Å². The van der Waals surface area contributed by atoms with Gasteiger partial charge < -0.3 is 20.1 Å². The number of nitrogens with one attached hydrogen (secondary N) is 2. The Labute approximate surface area is 160 Å². The Kier molecular flexibility index (Phi) is 8.25. The van der Waals surface area contributed by atoms with Crippen LogP contribution < -0.4 is 15.4 Å². The predicted molar refractivity (Wildman–Crippen MR) is 107 cm³/mol. The van der Waals surface area contributed by atoms with Crippen molar-refractivity contribution in [3.8, 4) is 5.75 Å². The number of nitrogens with zero attached hydrogens (tertiary/aromatic N) is 1. The van der Waals surface area contributed by atoms with Crippen LogP contribution in [0.4, 0.5) is 0 Å². The molecule has 0 aliphatic heterocycles. The molecule has 2 rings (SSSR count). The largest absolute Gasteiger partial charge is 0.487 e. The fraction of sp³-hybridized carbons (Fsp3) is 0.350. The molecule has 0 amide bonds. The van der Waals surface area contributed by atoms with Gasteiger partial charge in [-0.1, -0.05) is 48.0 Å². The maximum atomic E-state index is 6.15. The van der Waals surface area contributed by atoms with E-state index < -0.39 is 0 Å². The van der Waals surface area contributed by atoms with Crippen molar-refractivity contribution < 1.29 is 9.47 Å². The van der Waals surface area contributed by atoms with Gasteiger partial charge in [0.15, 0.2) is 5.96 Å². The Morgan fingerprint density at radius 3 is 2.50 bits per heavy atom. The summed E-state index contributed by atoms with van der Waals surface area (Å²) < 4.78 is 11.0. The van der Waals surface area contributed by atoms with E-state index in [4.69, 9.17) is 21.1 Å². The van der Waals surface area contributed by atoms with Crippen molar-refractivity contribution in [2.45, 2.75) is 26.1 Å². The van der Waals surface area contributed by atoms with E-state index >= 15 is 0 Å². The molecule has 2 N–H and O–H groups in total. The Morgan fingerprint density at radius 2 is 1.81 bits per heavy atom. The third-order valence-corrected chi connectivity index (χ3v) is 4.12. The van der Waals surface area contributed by atoms with Crippen molar-refractivity contribution in [1.82, 2.24) is 10.6 Å². The SMILES string of the molecule is CN=C(NCc1ccccc1COc1ccccc1Cl)NC(C)COC. The number of para-hydroxylation sites is 1. The van der Waals surface area contributed by atoms with Crippen molar-refractivity contribution in [1.29, 1.82) is 0 Å². The molecule has 0 heterocycles. The van der Waals surface area contributed by atoms with Gasteiger partial charge in [-0.15, -0.1) is 0 Å². The minimum atomic E-state index is 0.171. The summed E-state index contributed by atoms with van der Waals surface area (Å²) in [6.45, 7) is 3.75. The smallest absolute Gasteiger partial charge is 0.191 e. The normalized spacial score (nSPS) is 12.5. The van der Waals surface area contributed by atoms with E-state index in [9.17, 15) is 0 Å². The van der Waals surface area contributed by atoms with Crippen LogP contribution in [0.1, 0.15) is 18.1 Å². The minimum Gasteiger partial charge on any atom is -0.487 e. The van der Waals surface area contributed by atoms with Gasteiger partial charge in [0.1, 0.15) is 12.4 Å². The summed E-state index contributed by atoms with van der Waals surface area (Å²) in [5.41, 5.74) is 2.24. The van der Waals surface area contributed by atoms with Crippen LogP contribution in [0, 0.1) is 0 Å². The molecule has 0 fully saturated rings. The standard InChI is InChI=1S/C20H26ClN3O2/c1-15(13-25-3)24-20(22-2)23-12-16-8-4-5-9-17(16)14-26-19-11-7-6-10-18(19)21/h4-11,15H,12-14H2,1-3H3,(H2,22,23,24). The maximum absolute atomic E-state index is 6.15. The highest BCUT2D eigenvalue weighted by Gasteiger charge is 2.08. The monoisotopic (exact) mass is 375 g/mol. The Bertz CT molecular complexity index is 722. The summed E-state index contributed by atoms with van der Waals surface area (Å²) in [6.07, 6.45) is 0. The lowest BCUT2D eigenvalue weighted by atomic mass is 10.1. The van der Waals surface area contributed by atoms with Gasteiger partial charge in [0, 0.05) is 26.7 Å². The number of hydrogen-bond donors (Lipinski definition) is 2. The third kappa shape index (κ3) is 6.24. The first-order valence-corrected chi connectivity index (χ1v) is 8.92. The molecule has 2 aromatic rings. The predicted octanol–water partition coefficient (Wildman–Crippen LogP) is 3.62. The molecule has 0 aliphatic carbocycles. The maximum Gasteiger partial charge on any atom is 0.191 e. The quantitative estimate of drug-likeness (QED) is 0.546. The van der Waals surface area contributed by atoms with Gasteiger partial charge in [-0.3, -0.25) is 4.99 Å². The number of methoxy groups -OCH3 is 1. The molecule has 2 aromatic carbocycles. The molecule has 1 atom stereocenters. The lowest BCUT2D eigenvalue weighted by Crippen LogP contribution is -2.43. The fourth-order valence-electron chi connectivity index (χ4n) is 2.49. The highest BCUT2D eigenvalue weighted by molar-refractivity contribution is 6.32. The number of rotatable bonds is 8. The van der Waals surface area contributed by atoms with Gasteiger partial charge in [0.2, 0.25) is 0 Å². The highest BCUT2D eigenvalue weighted by atomic mass is 35.5. The molecule has 0 aliphatic rings. The summed E-state index contributed by atoms with van der Waals surface area (Å²) in [7, 11) is 3.44. The van der Waals surface area contributed by atoms with Crippen LogP contribution in [-0.4, -0.2) is 32.8 Å². The molecule has 140 valence electrons. The summed E-state index contributed by atoms with van der Waals surface area (Å²) in [4.78, 5) is 4.25. The number of hydrogen-bond acceptors (Lipinski definition) is 3. The van der Waals surface area contributed by atoms with E-state index in [0.717, 1.165) is 17.1 Å². The number of halogens is 1. The van der Waals surface area contributed by atoms with Crippen molar-refractivity contribution in [2.24, 2.45) is 4.99 Å². The minimum absolute atomic E-state index is 0.171. The van der Waals surface area contributed by atoms with Crippen LogP contribution in [0.3, 0.4) is 0 Å². The van der Waals surface area contributed by atoms with Crippen molar-refractivity contribution >= 4 is 17.6 Å². The van der Waals surface area contributed by atoms with Crippen LogP contribution in [0.25, 0.3) is 0 Å². The second-order valence-corrected chi connectivity index (χ2v) is 6.32. The molecule has 5 nitrogen and oxygen atoms in total. The average Bonchev–Trinajstić information content (AvgIpc) is 2.65. The highest BCUT2D eigenvalue weighted by Crippen LogP contribution is 2.24. The number of guanidine groups is 1. The van der Waals surface area contributed by atoms with Gasteiger partial charge in [0.25, 0.3) is 0 Å². The van der Waals surface area contributed by atoms with E-state index in [-0.39, 0.29) is 6.04 Å². The topological polar surface area (TPSA) is 54.9 Å². The summed E-state index contributed by atoms with van der Waals surface area (Å²) >= 11 is 6.15. The summed E-state index contributed by atoms with van der Waals surface area (Å²) in [6, 6.07) is 15.8. The molecule has 0 saturated carbocycles. The first-order valence-electron chi connectivity index (χ1n) is 8.54. The van der Waals surface area contributed by atoms with Gasteiger partial charge >= 0.3 is 0 Å². The zero-order valence-electron chi connectivity index (χ0n) is 15.5. The molecule has 1 unspecified atom stereocenters. The van der Waals surface area contributed by atoms with Crippen LogP contribution in [0.5, 0.6) is 5.75 Å². The van der Waals surface area contributed by atoms with E-state index in [1.54, 1.807) is 14.2 Å². The lowest BCUT2D eigenvalue weighted by Gasteiger charge is -2.18. The number of aliphatic imine (C=N–C) groups is 1. The first kappa shape index (κ1) is 20.1. The van der Waals surface area contributed by atoms with Crippen LogP contribution in [0.2, 0.25) is 5.02 Å². The van der Waals surface area contributed by atoms with E-state index in [0.29, 0.717) is 30.5 Å². The Morgan fingerprint density at radius 1 is 1.12 bits per heavy atom. The second kappa shape index (κ2) is 10.7. The molecule has 0 radical (unpaired) electrons. The number of benzene rings is 2. The molecule has 0 saturated heterocycles. The van der Waals surface area contributed by atoms with E-state index in [1.165, 1.54) is 0 Å². The second-order valence-electron chi connectivity index (χ2n) is 5.91. The molecule has 0 spiro atoms. The number of ether oxygens (including phenoxy) is 2. The van der Waals surface area contributed by atoms with Crippen LogP contribution in [-0.2, 0) is 17.9 Å². The van der Waals surface area contributed by atoms with Gasteiger partial charge in [-0.05, 0) is 30.2 Å². The van der Waals surface area contributed by atoms with Crippen molar-refractivity contribution in [2.75, 3.05) is 20.8 Å². The molecule has 0 bridgehead atoms. The fourth-order valence-corrected chi connectivity index (χ4v) is 2.68. The van der Waals surface area contributed by atoms with E-state index in [2.05, 4.69) is 27.8 Å². The average molecular weight is 376 g/mol.